The van der Waals surface area contributed by atoms with Gasteiger partial charge in [0.1, 0.15) is 18.3 Å². The summed E-state index contributed by atoms with van der Waals surface area (Å²) in [5.74, 6) is -0.101. The molecule has 1 aliphatic heterocycles. The van der Waals surface area contributed by atoms with E-state index in [9.17, 15) is 15.0 Å². The number of aliphatic hydroxyl groups excluding tert-OH is 3. The van der Waals surface area contributed by atoms with E-state index < -0.39 is 36.7 Å². The summed E-state index contributed by atoms with van der Waals surface area (Å²) in [6.07, 6.45) is -3.21. The maximum atomic E-state index is 11.7. The Hall–Kier alpha value is -2.83. The number of nitrogens with one attached hydrogen (secondary N) is 1. The lowest BCUT2D eigenvalue weighted by atomic mass is 10.1. The predicted octanol–water partition coefficient (Wildman–Crippen LogP) is 0.186. The van der Waals surface area contributed by atoms with Crippen molar-refractivity contribution < 1.29 is 20.1 Å². The lowest BCUT2D eigenvalue weighted by Crippen LogP contribution is -2.33. The van der Waals surface area contributed by atoms with Crippen molar-refractivity contribution in [3.63, 3.8) is 0 Å². The van der Waals surface area contributed by atoms with E-state index in [-0.39, 0.29) is 17.1 Å². The molecule has 4 atom stereocenters. The molecule has 3 aromatic rings. The minimum absolute atomic E-state index is 0.0388. The standard InChI is InChI=1S/C10H13N5O5.C8H8S/c11-10-13-7-4(8(19)14-10)12-2-15(7)9-6(18)5(17)3(1-16)20-9;1-2-4-6-8-9-7-5-3-1/h2-3,5-6,9,16-18H,1H2,(H3,11,13,14,19);1-8H/t3-,5-,6-,9-;/m1./s1. The first-order valence-corrected chi connectivity index (χ1v) is 9.62. The average Bonchev–Trinajstić information content (AvgIpc) is 3.28. The summed E-state index contributed by atoms with van der Waals surface area (Å²) < 4.78 is 6.64. The Morgan fingerprint density at radius 1 is 1.14 bits per heavy atom. The molecule has 1 aliphatic rings. The second-order valence-corrected chi connectivity index (χ2v) is 6.88. The number of hydrogen-bond donors (Lipinski definition) is 5. The van der Waals surface area contributed by atoms with Crippen molar-refractivity contribution in [3.05, 3.63) is 63.8 Å². The number of aromatic amines is 1. The maximum absolute atomic E-state index is 11.7. The van der Waals surface area contributed by atoms with Gasteiger partial charge in [-0.3, -0.25) is 14.3 Å². The van der Waals surface area contributed by atoms with Crippen molar-refractivity contribution in [2.45, 2.75) is 24.5 Å². The van der Waals surface area contributed by atoms with Gasteiger partial charge < -0.3 is 25.8 Å². The molecule has 0 radical (unpaired) electrons. The van der Waals surface area contributed by atoms with Crippen LogP contribution in [-0.4, -0.2) is 59.8 Å². The van der Waals surface area contributed by atoms with Gasteiger partial charge in [0.05, 0.1) is 12.9 Å². The quantitative estimate of drug-likeness (QED) is 0.393. The van der Waals surface area contributed by atoms with Gasteiger partial charge in [0.15, 0.2) is 17.4 Å². The highest BCUT2D eigenvalue weighted by molar-refractivity contribution is 7.07. The molecule has 0 aliphatic carbocycles. The summed E-state index contributed by atoms with van der Waals surface area (Å²) in [5.41, 5.74) is 5.12. The molecule has 0 bridgehead atoms. The fourth-order valence-electron chi connectivity index (χ4n) is 2.72. The number of nitrogens with zero attached hydrogens (tertiary/aromatic N) is 3. The summed E-state index contributed by atoms with van der Waals surface area (Å²) >= 11 is 1.68. The molecule has 0 amide bonds. The van der Waals surface area contributed by atoms with Gasteiger partial charge in [0.25, 0.3) is 5.56 Å². The largest absolute Gasteiger partial charge is 0.394 e. The van der Waals surface area contributed by atoms with Crippen LogP contribution in [-0.2, 0) is 4.74 Å². The molecule has 6 N–H and O–H groups in total. The van der Waals surface area contributed by atoms with Crippen LogP contribution in [0, 0.1) is 0 Å². The van der Waals surface area contributed by atoms with Gasteiger partial charge in [0, 0.05) is 0 Å². The third-order valence-corrected chi connectivity index (χ3v) is 4.74. The Morgan fingerprint density at radius 2 is 1.79 bits per heavy atom. The van der Waals surface area contributed by atoms with Crippen LogP contribution in [0.3, 0.4) is 0 Å². The van der Waals surface area contributed by atoms with Crippen LogP contribution >= 0.6 is 11.3 Å². The van der Waals surface area contributed by atoms with Crippen molar-refractivity contribution in [3.8, 4) is 0 Å². The number of aromatic nitrogens is 4. The van der Waals surface area contributed by atoms with E-state index in [1.165, 1.54) is 10.9 Å². The minimum Gasteiger partial charge on any atom is -0.394 e. The molecule has 4 rings (SSSR count). The highest BCUT2D eigenvalue weighted by Crippen LogP contribution is 2.30. The predicted molar refractivity (Wildman–Crippen MR) is 108 cm³/mol. The Labute approximate surface area is 169 Å². The molecule has 29 heavy (non-hydrogen) atoms. The first kappa shape index (κ1) is 20.9. The summed E-state index contributed by atoms with van der Waals surface area (Å²) in [7, 11) is 0. The highest BCUT2D eigenvalue weighted by atomic mass is 32.1. The fraction of sp³-hybridized carbons (Fsp3) is 0.278. The van der Waals surface area contributed by atoms with Crippen LogP contribution in [0.25, 0.3) is 11.2 Å². The second kappa shape index (κ2) is 9.58. The number of ether oxygens (including phenoxy) is 1. The SMILES string of the molecule is Nc1nc2c(ncn2[C@@H]2O[C@H](CO)[C@@H](O)[C@H]2O)c(=O)[nH]1.c1ccccsccc1. The third-order valence-electron chi connectivity index (χ3n) is 4.11. The highest BCUT2D eigenvalue weighted by Gasteiger charge is 2.44. The van der Waals surface area contributed by atoms with E-state index in [4.69, 9.17) is 15.6 Å². The van der Waals surface area contributed by atoms with E-state index in [1.54, 1.807) is 11.3 Å². The lowest BCUT2D eigenvalue weighted by molar-refractivity contribution is -0.0511. The average molecular weight is 419 g/mol. The summed E-state index contributed by atoms with van der Waals surface area (Å²) in [6, 6.07) is 12.1. The summed E-state index contributed by atoms with van der Waals surface area (Å²) in [6.45, 7) is -0.447. The van der Waals surface area contributed by atoms with Gasteiger partial charge in [0.2, 0.25) is 5.95 Å². The number of imidazole rings is 1. The molecule has 4 heterocycles. The molecule has 154 valence electrons. The number of nitrogen functional groups attached to an aromatic ring is 1. The van der Waals surface area contributed by atoms with E-state index in [2.05, 4.69) is 15.0 Å². The maximum Gasteiger partial charge on any atom is 0.280 e. The van der Waals surface area contributed by atoms with Crippen LogP contribution in [0.4, 0.5) is 5.95 Å². The molecule has 0 saturated carbocycles. The molecule has 0 spiro atoms. The Morgan fingerprint density at radius 3 is 2.41 bits per heavy atom. The van der Waals surface area contributed by atoms with Crippen molar-refractivity contribution in [2.24, 2.45) is 0 Å². The number of fused-ring (bicyclic) bond motifs is 1. The number of rotatable bonds is 2. The molecule has 1 saturated heterocycles. The Bertz CT molecular complexity index is 975. The van der Waals surface area contributed by atoms with Crippen LogP contribution in [0.2, 0.25) is 0 Å². The van der Waals surface area contributed by atoms with Crippen molar-refractivity contribution in [1.82, 2.24) is 19.5 Å². The zero-order valence-electron chi connectivity index (χ0n) is 15.2. The van der Waals surface area contributed by atoms with E-state index in [1.807, 2.05) is 47.2 Å². The number of H-pyrrole nitrogens is 1. The number of anilines is 1. The first-order chi connectivity index (χ1) is 14.0. The smallest absolute Gasteiger partial charge is 0.280 e. The van der Waals surface area contributed by atoms with Crippen LogP contribution in [0.5, 0.6) is 0 Å². The molecular formula is C18H21N5O5S. The number of hydrogen-bond acceptors (Lipinski definition) is 9. The van der Waals surface area contributed by atoms with E-state index in [0.717, 1.165) is 0 Å². The molecule has 0 aromatic carbocycles. The molecule has 10 nitrogen and oxygen atoms in total. The fourth-order valence-corrected chi connectivity index (χ4v) is 3.18. The molecule has 3 aromatic heterocycles. The van der Waals surface area contributed by atoms with Gasteiger partial charge >= 0.3 is 0 Å². The lowest BCUT2D eigenvalue weighted by Gasteiger charge is -2.16. The van der Waals surface area contributed by atoms with E-state index >= 15 is 0 Å². The number of nitrogens with two attached hydrogens (primary N) is 1. The molecule has 1 fully saturated rings. The normalized spacial score (nSPS) is 23.3. The van der Waals surface area contributed by atoms with Crippen molar-refractivity contribution in [1.29, 1.82) is 0 Å². The van der Waals surface area contributed by atoms with Crippen LogP contribution in [0.1, 0.15) is 6.23 Å². The second-order valence-electron chi connectivity index (χ2n) is 6.07. The number of aliphatic hydroxyl groups is 3. The topological polar surface area (TPSA) is 160 Å². The van der Waals surface area contributed by atoms with Gasteiger partial charge in [-0.25, -0.2) is 4.98 Å². The zero-order valence-corrected chi connectivity index (χ0v) is 16.0. The zero-order chi connectivity index (χ0) is 20.8. The molecule has 0 unspecified atom stereocenters. The molecule has 11 heteroatoms. The third kappa shape index (κ3) is 4.78. The molecular weight excluding hydrogens is 398 g/mol. The minimum atomic E-state index is -1.29. The van der Waals surface area contributed by atoms with Gasteiger partial charge in [-0.1, -0.05) is 36.4 Å². The summed E-state index contributed by atoms with van der Waals surface area (Å²) in [5, 5.41) is 32.8. The van der Waals surface area contributed by atoms with Crippen LogP contribution < -0.4 is 11.3 Å². The Kier molecular flexibility index (Phi) is 6.90. The van der Waals surface area contributed by atoms with Gasteiger partial charge in [-0.05, 0) is 10.8 Å². The van der Waals surface area contributed by atoms with Gasteiger partial charge in [-0.2, -0.15) is 16.3 Å². The van der Waals surface area contributed by atoms with Crippen molar-refractivity contribution in [2.75, 3.05) is 12.3 Å². The first-order valence-electron chi connectivity index (χ1n) is 8.68. The van der Waals surface area contributed by atoms with Crippen molar-refractivity contribution >= 4 is 28.4 Å². The van der Waals surface area contributed by atoms with Gasteiger partial charge in [-0.15, -0.1) is 0 Å². The van der Waals surface area contributed by atoms with E-state index in [0.29, 0.717) is 0 Å². The Balaban J connectivity index is 0.000000224. The monoisotopic (exact) mass is 419 g/mol. The van der Waals surface area contributed by atoms with Crippen LogP contribution in [0.15, 0.2) is 58.3 Å². The summed E-state index contributed by atoms with van der Waals surface area (Å²) in [4.78, 5) is 21.8.